The van der Waals surface area contributed by atoms with Gasteiger partial charge in [0.25, 0.3) is 0 Å². The van der Waals surface area contributed by atoms with Crippen LogP contribution in [0, 0.1) is 6.92 Å². The Balaban J connectivity index is 1.45. The summed E-state index contributed by atoms with van der Waals surface area (Å²) in [5, 5.41) is 17.9. The van der Waals surface area contributed by atoms with Gasteiger partial charge in [-0.15, -0.1) is 0 Å². The molecule has 6 aromatic heterocycles. The normalized spacial score (nSPS) is 11.3. The first-order valence-corrected chi connectivity index (χ1v) is 9.90. The van der Waals surface area contributed by atoms with E-state index in [0.29, 0.717) is 46.1 Å². The van der Waals surface area contributed by atoms with E-state index in [1.807, 2.05) is 66.2 Å². The fourth-order valence-electron chi connectivity index (χ4n) is 3.54. The lowest BCUT2D eigenvalue weighted by Crippen LogP contribution is -2.03. The predicted molar refractivity (Wildman–Crippen MR) is 119 cm³/mol. The molecule has 0 bridgehead atoms. The van der Waals surface area contributed by atoms with Crippen LogP contribution in [0.1, 0.15) is 5.82 Å². The van der Waals surface area contributed by atoms with Crippen molar-refractivity contribution in [3.8, 4) is 11.4 Å². The smallest absolute Gasteiger partial charge is 0.162 e. The molecule has 0 amide bonds. The molecule has 0 aliphatic rings. The number of aryl methyl sites for hydroxylation is 1. The van der Waals surface area contributed by atoms with Crippen molar-refractivity contribution in [3.05, 3.63) is 73.1 Å². The molecule has 0 saturated heterocycles. The number of aromatic amines is 1. The summed E-state index contributed by atoms with van der Waals surface area (Å²) in [5.74, 6) is 3.22. The minimum atomic E-state index is 0.602. The van der Waals surface area contributed by atoms with E-state index < -0.39 is 0 Å². The number of nitrogens with zero attached hydrogens (tertiary/aromatic N) is 8. The summed E-state index contributed by atoms with van der Waals surface area (Å²) in [6.45, 7) is 1.84. The second-order valence-electron chi connectivity index (χ2n) is 7.10. The molecule has 6 heterocycles. The molecule has 0 fully saturated rings. The van der Waals surface area contributed by atoms with Gasteiger partial charge in [0.05, 0.1) is 18.1 Å². The second kappa shape index (κ2) is 7.16. The maximum atomic E-state index is 4.68. The van der Waals surface area contributed by atoms with Gasteiger partial charge in [0.15, 0.2) is 17.3 Å². The van der Waals surface area contributed by atoms with Gasteiger partial charge in [-0.05, 0) is 31.2 Å². The van der Waals surface area contributed by atoms with Gasteiger partial charge in [-0.2, -0.15) is 10.2 Å². The summed E-state index contributed by atoms with van der Waals surface area (Å²) in [5.41, 5.74) is 2.91. The lowest BCUT2D eigenvalue weighted by atomic mass is 10.2. The van der Waals surface area contributed by atoms with Crippen LogP contribution in [0.25, 0.3) is 22.7 Å². The summed E-state index contributed by atoms with van der Waals surface area (Å²) >= 11 is 0. The van der Waals surface area contributed by atoms with E-state index in [1.54, 1.807) is 16.9 Å². The number of hydrogen-bond acceptors (Lipinski definition) is 8. The Morgan fingerprint density at radius 1 is 0.875 bits per heavy atom. The lowest BCUT2D eigenvalue weighted by Gasteiger charge is -2.08. The molecule has 11 heteroatoms. The molecule has 3 N–H and O–H groups in total. The Kier molecular flexibility index (Phi) is 4.03. The van der Waals surface area contributed by atoms with Crippen LogP contribution in [-0.4, -0.2) is 44.1 Å². The Morgan fingerprint density at radius 3 is 2.69 bits per heavy atom. The third-order valence-corrected chi connectivity index (χ3v) is 4.85. The quantitative estimate of drug-likeness (QED) is 0.385. The minimum absolute atomic E-state index is 0.602. The van der Waals surface area contributed by atoms with Gasteiger partial charge in [0.1, 0.15) is 28.8 Å². The molecule has 0 radical (unpaired) electrons. The molecule has 0 atom stereocenters. The molecule has 0 aliphatic carbocycles. The van der Waals surface area contributed by atoms with Crippen molar-refractivity contribution in [2.45, 2.75) is 6.92 Å². The topological polar surface area (TPSA) is 126 Å². The Morgan fingerprint density at radius 2 is 1.81 bits per heavy atom. The fraction of sp³-hybridized carbons (Fsp3) is 0.0476. The molecule has 0 saturated carbocycles. The summed E-state index contributed by atoms with van der Waals surface area (Å²) in [4.78, 5) is 18.5. The van der Waals surface area contributed by atoms with Crippen molar-refractivity contribution in [2.75, 3.05) is 10.6 Å². The summed E-state index contributed by atoms with van der Waals surface area (Å²) < 4.78 is 3.69. The number of hydrogen-bond donors (Lipinski definition) is 3. The van der Waals surface area contributed by atoms with Gasteiger partial charge in [-0.1, -0.05) is 6.07 Å². The van der Waals surface area contributed by atoms with E-state index >= 15 is 0 Å². The molecule has 6 aromatic rings. The zero-order valence-corrected chi connectivity index (χ0v) is 16.9. The molecule has 0 aromatic carbocycles. The van der Waals surface area contributed by atoms with Crippen LogP contribution >= 0.6 is 0 Å². The first-order valence-electron chi connectivity index (χ1n) is 9.90. The van der Waals surface area contributed by atoms with Crippen LogP contribution in [0.2, 0.25) is 0 Å². The number of anilines is 4. The molecule has 0 unspecified atom stereocenters. The Labute approximate surface area is 181 Å². The van der Waals surface area contributed by atoms with Crippen molar-refractivity contribution < 1.29 is 0 Å². The van der Waals surface area contributed by atoms with Crippen molar-refractivity contribution in [1.82, 2.24) is 44.1 Å². The average Bonchev–Trinajstić information content (AvgIpc) is 3.51. The van der Waals surface area contributed by atoms with Crippen LogP contribution in [0.3, 0.4) is 0 Å². The molecule has 156 valence electrons. The first-order chi connectivity index (χ1) is 15.7. The molecule has 0 aliphatic heterocycles. The van der Waals surface area contributed by atoms with E-state index in [0.717, 1.165) is 5.65 Å². The van der Waals surface area contributed by atoms with Crippen molar-refractivity contribution in [1.29, 1.82) is 0 Å². The number of imidazole rings is 2. The zero-order chi connectivity index (χ0) is 21.5. The fourth-order valence-corrected chi connectivity index (χ4v) is 3.54. The van der Waals surface area contributed by atoms with Gasteiger partial charge in [-0.25, -0.2) is 24.5 Å². The summed E-state index contributed by atoms with van der Waals surface area (Å²) in [7, 11) is 0. The lowest BCUT2D eigenvalue weighted by molar-refractivity contribution is 0.932. The number of aromatic nitrogens is 9. The zero-order valence-electron chi connectivity index (χ0n) is 16.9. The van der Waals surface area contributed by atoms with Crippen molar-refractivity contribution in [2.24, 2.45) is 0 Å². The highest BCUT2D eigenvalue weighted by Gasteiger charge is 2.19. The highest BCUT2D eigenvalue weighted by atomic mass is 15.3. The third kappa shape index (κ3) is 3.17. The van der Waals surface area contributed by atoms with Crippen molar-refractivity contribution >= 4 is 34.6 Å². The number of fused-ring (bicyclic) bond motifs is 2. The van der Waals surface area contributed by atoms with Crippen LogP contribution < -0.4 is 10.6 Å². The second-order valence-corrected chi connectivity index (χ2v) is 7.10. The SMILES string of the molecule is Cc1nc(Nc2cn3ccccc3n2)cc(-c2c(Nc3ccn[nH]3)nc3cccnn23)n1. The number of nitrogens with one attached hydrogen (secondary N) is 3. The summed E-state index contributed by atoms with van der Waals surface area (Å²) in [6.07, 6.45) is 7.24. The van der Waals surface area contributed by atoms with Crippen LogP contribution in [0.4, 0.5) is 23.3 Å². The van der Waals surface area contributed by atoms with E-state index in [4.69, 9.17) is 0 Å². The molecule has 32 heavy (non-hydrogen) atoms. The molecular formula is C21H17N11. The molecule has 0 spiro atoms. The molecule has 11 nitrogen and oxygen atoms in total. The number of rotatable bonds is 5. The Hall–Kier alpha value is -4.80. The molecular weight excluding hydrogens is 406 g/mol. The average molecular weight is 423 g/mol. The Bertz CT molecular complexity index is 1510. The van der Waals surface area contributed by atoms with Crippen molar-refractivity contribution in [3.63, 3.8) is 0 Å². The minimum Gasteiger partial charge on any atom is -0.324 e. The number of pyridine rings is 1. The van der Waals surface area contributed by atoms with Gasteiger partial charge in [0.2, 0.25) is 0 Å². The van der Waals surface area contributed by atoms with Crippen LogP contribution in [0.15, 0.2) is 67.3 Å². The largest absolute Gasteiger partial charge is 0.324 e. The third-order valence-electron chi connectivity index (χ3n) is 4.85. The standard InChI is InChI=1S/C21H17N11/c1-13-24-14(11-16(25-13)26-17-12-31-10-3-2-5-18(31)27-17)20-21(28-15-7-9-22-30-15)29-19-6-4-8-23-32(19)20/h2-12H,1H3,(H2,22,28,30)(H,24,25,26). The van der Waals surface area contributed by atoms with E-state index in [-0.39, 0.29) is 0 Å². The van der Waals surface area contributed by atoms with Gasteiger partial charge in [-0.3, -0.25) is 5.10 Å². The van der Waals surface area contributed by atoms with E-state index in [9.17, 15) is 0 Å². The highest BCUT2D eigenvalue weighted by molar-refractivity contribution is 5.78. The monoisotopic (exact) mass is 423 g/mol. The first kappa shape index (κ1) is 18.0. The van der Waals surface area contributed by atoms with Gasteiger partial charge < -0.3 is 15.0 Å². The number of H-pyrrole nitrogens is 1. The van der Waals surface area contributed by atoms with E-state index in [2.05, 4.69) is 45.9 Å². The van der Waals surface area contributed by atoms with Gasteiger partial charge >= 0.3 is 0 Å². The van der Waals surface area contributed by atoms with Crippen LogP contribution in [0.5, 0.6) is 0 Å². The summed E-state index contributed by atoms with van der Waals surface area (Å²) in [6, 6.07) is 13.3. The molecule has 6 rings (SSSR count). The maximum absolute atomic E-state index is 4.68. The highest BCUT2D eigenvalue weighted by Crippen LogP contribution is 2.30. The maximum Gasteiger partial charge on any atom is 0.162 e. The predicted octanol–water partition coefficient (Wildman–Crippen LogP) is 3.35. The van der Waals surface area contributed by atoms with E-state index in [1.165, 1.54) is 0 Å². The van der Waals surface area contributed by atoms with Gasteiger partial charge in [0, 0.05) is 24.5 Å². The van der Waals surface area contributed by atoms with Crippen LogP contribution in [-0.2, 0) is 0 Å².